The number of carbonyl (C=O) groups excluding carboxylic acids is 2. The lowest BCUT2D eigenvalue weighted by Gasteiger charge is -2.33. The molecule has 98 valence electrons. The molecule has 0 unspecified atom stereocenters. The van der Waals surface area contributed by atoms with E-state index in [2.05, 4.69) is 15.0 Å². The van der Waals surface area contributed by atoms with Crippen LogP contribution in [0.1, 0.15) is 0 Å². The Kier molecular flexibility index (Phi) is 3.98. The lowest BCUT2D eigenvalue weighted by Crippen LogP contribution is -2.51. The summed E-state index contributed by atoms with van der Waals surface area (Å²) in [7, 11) is 1.35. The van der Waals surface area contributed by atoms with Crippen LogP contribution in [0.25, 0.3) is 0 Å². The first-order valence-electron chi connectivity index (χ1n) is 5.49. The van der Waals surface area contributed by atoms with Crippen molar-refractivity contribution in [2.75, 3.05) is 38.6 Å². The zero-order valence-electron chi connectivity index (χ0n) is 9.96. The maximum absolute atomic E-state index is 11.9. The predicted octanol–water partition coefficient (Wildman–Crippen LogP) is 1.06. The van der Waals surface area contributed by atoms with E-state index in [0.717, 1.165) is 0 Å². The molecule has 0 atom stereocenters. The van der Waals surface area contributed by atoms with Crippen LogP contribution in [0, 0.1) is 0 Å². The minimum absolute atomic E-state index is 0.186. The van der Waals surface area contributed by atoms with Gasteiger partial charge in [0.25, 0.3) is 0 Å². The summed E-state index contributed by atoms with van der Waals surface area (Å²) in [5, 5.41) is 5.08. The Morgan fingerprint density at radius 2 is 2.00 bits per heavy atom. The number of methoxy groups -OCH3 is 1. The van der Waals surface area contributed by atoms with Crippen LogP contribution in [0.4, 0.5) is 14.7 Å². The molecule has 0 aliphatic carbocycles. The lowest BCUT2D eigenvalue weighted by molar-refractivity contribution is 0.0992. The Morgan fingerprint density at radius 3 is 2.56 bits per heavy atom. The van der Waals surface area contributed by atoms with Gasteiger partial charge in [-0.15, -0.1) is 11.3 Å². The predicted molar refractivity (Wildman–Crippen MR) is 66.7 cm³/mol. The normalized spacial score (nSPS) is 15.4. The summed E-state index contributed by atoms with van der Waals surface area (Å²) in [5.41, 5.74) is 0. The van der Waals surface area contributed by atoms with Gasteiger partial charge < -0.3 is 14.5 Å². The number of rotatable bonds is 1. The maximum atomic E-state index is 11.9. The number of ether oxygens (including phenoxy) is 1. The Bertz CT molecular complexity index is 415. The summed E-state index contributed by atoms with van der Waals surface area (Å²) in [5.74, 6) is 0. The number of hydrogen-bond donors (Lipinski definition) is 1. The van der Waals surface area contributed by atoms with Gasteiger partial charge in [-0.1, -0.05) is 0 Å². The third-order valence-corrected chi connectivity index (χ3v) is 3.33. The fraction of sp³-hybridized carbons (Fsp3) is 0.500. The second-order valence-electron chi connectivity index (χ2n) is 3.71. The average molecular weight is 270 g/mol. The first-order valence-corrected chi connectivity index (χ1v) is 6.37. The number of anilines is 1. The summed E-state index contributed by atoms with van der Waals surface area (Å²) in [6, 6.07) is -0.186. The van der Waals surface area contributed by atoms with Crippen LogP contribution in [0.15, 0.2) is 11.6 Å². The van der Waals surface area contributed by atoms with E-state index in [-0.39, 0.29) is 12.1 Å². The number of aromatic nitrogens is 1. The van der Waals surface area contributed by atoms with Gasteiger partial charge in [0.05, 0.1) is 7.11 Å². The van der Waals surface area contributed by atoms with E-state index in [4.69, 9.17) is 0 Å². The zero-order valence-corrected chi connectivity index (χ0v) is 10.8. The molecule has 8 heteroatoms. The molecular formula is C10H14N4O3S. The molecule has 7 nitrogen and oxygen atoms in total. The molecule has 1 fully saturated rings. The van der Waals surface area contributed by atoms with Gasteiger partial charge in [0.1, 0.15) is 0 Å². The smallest absolute Gasteiger partial charge is 0.409 e. The number of nitrogens with zero attached hydrogens (tertiary/aromatic N) is 3. The summed E-state index contributed by atoms with van der Waals surface area (Å²) in [6.07, 6.45) is 1.28. The molecule has 1 aliphatic rings. The van der Waals surface area contributed by atoms with Crippen LogP contribution in [-0.2, 0) is 4.74 Å². The van der Waals surface area contributed by atoms with E-state index < -0.39 is 0 Å². The van der Waals surface area contributed by atoms with E-state index in [1.165, 1.54) is 18.4 Å². The summed E-state index contributed by atoms with van der Waals surface area (Å²) in [6.45, 7) is 1.95. The van der Waals surface area contributed by atoms with Crippen molar-refractivity contribution in [2.24, 2.45) is 0 Å². The lowest BCUT2D eigenvalue weighted by atomic mass is 10.3. The van der Waals surface area contributed by atoms with E-state index >= 15 is 0 Å². The molecule has 0 bridgehead atoms. The van der Waals surface area contributed by atoms with Crippen LogP contribution in [0.2, 0.25) is 0 Å². The molecule has 0 saturated carbocycles. The minimum Gasteiger partial charge on any atom is -0.453 e. The van der Waals surface area contributed by atoms with Crippen molar-refractivity contribution in [1.29, 1.82) is 0 Å². The summed E-state index contributed by atoms with van der Waals surface area (Å²) >= 11 is 1.37. The molecule has 3 amide bonds. The van der Waals surface area contributed by atoms with E-state index in [9.17, 15) is 9.59 Å². The highest BCUT2D eigenvalue weighted by Crippen LogP contribution is 2.12. The van der Waals surface area contributed by atoms with E-state index in [1.54, 1.807) is 21.4 Å². The average Bonchev–Trinajstić information content (AvgIpc) is 2.91. The van der Waals surface area contributed by atoms with Crippen LogP contribution in [-0.4, -0.2) is 60.2 Å². The highest BCUT2D eigenvalue weighted by atomic mass is 32.1. The van der Waals surface area contributed by atoms with Gasteiger partial charge in [-0.2, -0.15) is 0 Å². The number of piperazine rings is 1. The van der Waals surface area contributed by atoms with Crippen molar-refractivity contribution in [2.45, 2.75) is 0 Å². The van der Waals surface area contributed by atoms with Gasteiger partial charge in [0.15, 0.2) is 5.13 Å². The fourth-order valence-corrected chi connectivity index (χ4v) is 2.20. The maximum Gasteiger partial charge on any atom is 0.409 e. The second-order valence-corrected chi connectivity index (χ2v) is 4.61. The first-order chi connectivity index (χ1) is 8.70. The summed E-state index contributed by atoms with van der Waals surface area (Å²) in [4.78, 5) is 30.3. The van der Waals surface area contributed by atoms with Crippen LogP contribution < -0.4 is 5.32 Å². The van der Waals surface area contributed by atoms with Gasteiger partial charge in [0.2, 0.25) is 0 Å². The Labute approximate surface area is 108 Å². The van der Waals surface area contributed by atoms with Crippen molar-refractivity contribution < 1.29 is 14.3 Å². The molecule has 1 aliphatic heterocycles. The zero-order chi connectivity index (χ0) is 13.0. The molecule has 0 radical (unpaired) electrons. The van der Waals surface area contributed by atoms with Gasteiger partial charge >= 0.3 is 12.1 Å². The second kappa shape index (κ2) is 5.67. The first kappa shape index (κ1) is 12.6. The van der Waals surface area contributed by atoms with Crippen molar-refractivity contribution in [1.82, 2.24) is 14.8 Å². The molecule has 1 N–H and O–H groups in total. The minimum atomic E-state index is -0.352. The number of nitrogens with one attached hydrogen (secondary N) is 1. The molecule has 18 heavy (non-hydrogen) atoms. The number of amides is 3. The number of urea groups is 1. The Hall–Kier alpha value is -1.83. The summed E-state index contributed by atoms with van der Waals surface area (Å²) < 4.78 is 4.63. The third-order valence-electron chi connectivity index (χ3n) is 2.65. The van der Waals surface area contributed by atoms with Gasteiger partial charge in [0, 0.05) is 37.8 Å². The molecule has 0 spiro atoms. The van der Waals surface area contributed by atoms with Crippen molar-refractivity contribution in [3.8, 4) is 0 Å². The SMILES string of the molecule is COC(=O)N1CCN(C(=O)Nc2nccs2)CC1. The molecule has 0 aromatic carbocycles. The van der Waals surface area contributed by atoms with Crippen LogP contribution in [0.5, 0.6) is 0 Å². The van der Waals surface area contributed by atoms with Gasteiger partial charge in [-0.05, 0) is 0 Å². The fourth-order valence-electron chi connectivity index (χ4n) is 1.68. The van der Waals surface area contributed by atoms with Gasteiger partial charge in [-0.25, -0.2) is 14.6 Å². The Balaban J connectivity index is 1.82. The monoisotopic (exact) mass is 270 g/mol. The molecule has 1 saturated heterocycles. The Morgan fingerprint density at radius 1 is 1.33 bits per heavy atom. The molecule has 2 rings (SSSR count). The third kappa shape index (κ3) is 2.89. The largest absolute Gasteiger partial charge is 0.453 e. The van der Waals surface area contributed by atoms with Crippen LogP contribution in [0.3, 0.4) is 0 Å². The van der Waals surface area contributed by atoms with Gasteiger partial charge in [-0.3, -0.25) is 5.32 Å². The van der Waals surface area contributed by atoms with Crippen molar-refractivity contribution in [3.05, 3.63) is 11.6 Å². The highest BCUT2D eigenvalue weighted by molar-refractivity contribution is 7.13. The van der Waals surface area contributed by atoms with E-state index in [0.29, 0.717) is 31.3 Å². The topological polar surface area (TPSA) is 74.8 Å². The molecule has 2 heterocycles. The highest BCUT2D eigenvalue weighted by Gasteiger charge is 2.24. The quantitative estimate of drug-likeness (QED) is 0.828. The molecule has 1 aromatic heterocycles. The van der Waals surface area contributed by atoms with Crippen molar-refractivity contribution >= 4 is 28.6 Å². The number of carbonyl (C=O) groups is 2. The standard InChI is InChI=1S/C10H14N4O3S/c1-17-10(16)14-5-3-13(4-6-14)9(15)12-8-11-2-7-18-8/h2,7H,3-6H2,1H3,(H,11,12,15). The number of hydrogen-bond acceptors (Lipinski definition) is 5. The molecule has 1 aromatic rings. The van der Waals surface area contributed by atoms with Crippen LogP contribution >= 0.6 is 11.3 Å². The van der Waals surface area contributed by atoms with Crippen molar-refractivity contribution in [3.63, 3.8) is 0 Å². The molecular weight excluding hydrogens is 256 g/mol. The number of thiazole rings is 1. The van der Waals surface area contributed by atoms with E-state index in [1.807, 2.05) is 0 Å².